The second-order valence-electron chi connectivity index (χ2n) is 7.64. The smallest absolute Gasteiger partial charge is 0.231 e. The third kappa shape index (κ3) is 3.04. The van der Waals surface area contributed by atoms with Gasteiger partial charge < -0.3 is 19.4 Å². The molecule has 31 heavy (non-hydrogen) atoms. The number of ether oxygens (including phenoxy) is 1. The summed E-state index contributed by atoms with van der Waals surface area (Å²) in [5.41, 5.74) is 2.19. The van der Waals surface area contributed by atoms with Gasteiger partial charge in [0.2, 0.25) is 5.91 Å². The van der Waals surface area contributed by atoms with Crippen LogP contribution in [0.1, 0.15) is 6.42 Å². The number of hydrogen-bond acceptors (Lipinski definition) is 6. The van der Waals surface area contributed by atoms with Crippen molar-refractivity contribution < 1.29 is 18.3 Å². The Morgan fingerprint density at radius 1 is 1.35 bits per heavy atom. The van der Waals surface area contributed by atoms with Gasteiger partial charge in [0, 0.05) is 25.7 Å². The SMILES string of the molecule is COc1c(F)c(N(C)C)c2[nH]ncc2c1-c1cn2cc(NC(=O)C3CC3F)nc2cn1. The molecule has 0 spiro atoms. The Balaban J connectivity index is 1.61. The predicted molar refractivity (Wildman–Crippen MR) is 111 cm³/mol. The van der Waals surface area contributed by atoms with Gasteiger partial charge in [-0.2, -0.15) is 5.10 Å². The molecular formula is C20H19F2N7O2. The average molecular weight is 427 g/mol. The molecule has 1 aromatic carbocycles. The number of amides is 1. The number of aromatic nitrogens is 5. The average Bonchev–Trinajstić information content (AvgIpc) is 3.11. The minimum atomic E-state index is -1.09. The number of H-pyrrole nitrogens is 1. The van der Waals surface area contributed by atoms with Crippen molar-refractivity contribution in [2.75, 3.05) is 31.4 Å². The fraction of sp³-hybridized carbons (Fsp3) is 0.300. The molecule has 2 atom stereocenters. The second kappa shape index (κ2) is 6.89. The van der Waals surface area contributed by atoms with Crippen LogP contribution >= 0.6 is 0 Å². The minimum Gasteiger partial charge on any atom is -0.493 e. The number of carbonyl (C=O) groups is 1. The van der Waals surface area contributed by atoms with Crippen LogP contribution in [0.25, 0.3) is 27.8 Å². The zero-order chi connectivity index (χ0) is 21.9. The molecule has 11 heteroatoms. The number of rotatable bonds is 5. The number of anilines is 2. The molecular weight excluding hydrogens is 408 g/mol. The molecule has 2 unspecified atom stereocenters. The largest absolute Gasteiger partial charge is 0.493 e. The van der Waals surface area contributed by atoms with Gasteiger partial charge in [0.25, 0.3) is 0 Å². The molecule has 3 aromatic heterocycles. The second-order valence-corrected chi connectivity index (χ2v) is 7.64. The van der Waals surface area contributed by atoms with E-state index in [1.165, 1.54) is 13.3 Å². The Hall–Kier alpha value is -3.76. The number of halogens is 2. The Bertz CT molecular complexity index is 1330. The molecule has 9 nitrogen and oxygen atoms in total. The van der Waals surface area contributed by atoms with Crippen molar-refractivity contribution in [3.8, 4) is 17.0 Å². The standard InChI is InChI=1S/C20H19F2N7O2/c1-28(2)18-16(22)19(31-3)15(10-5-24-27-17(10)18)12-7-29-8-13(25-14(29)6-23-12)26-20(30)9-4-11(9)21/h5-9,11H,4H2,1-3H3,(H,24,27)(H,26,30). The van der Waals surface area contributed by atoms with Gasteiger partial charge >= 0.3 is 0 Å². The van der Waals surface area contributed by atoms with Gasteiger partial charge in [-0.25, -0.2) is 13.8 Å². The number of carbonyl (C=O) groups excluding carboxylic acids is 1. The van der Waals surface area contributed by atoms with Crippen LogP contribution in [0.2, 0.25) is 0 Å². The van der Waals surface area contributed by atoms with Crippen molar-refractivity contribution in [3.05, 3.63) is 30.6 Å². The Morgan fingerprint density at radius 3 is 2.81 bits per heavy atom. The van der Waals surface area contributed by atoms with Crippen LogP contribution in [-0.2, 0) is 4.79 Å². The Kier molecular flexibility index (Phi) is 4.27. The number of methoxy groups -OCH3 is 1. The van der Waals surface area contributed by atoms with Crippen molar-refractivity contribution in [2.45, 2.75) is 12.6 Å². The van der Waals surface area contributed by atoms with Crippen LogP contribution in [0.5, 0.6) is 5.75 Å². The van der Waals surface area contributed by atoms with Crippen LogP contribution in [0.4, 0.5) is 20.3 Å². The van der Waals surface area contributed by atoms with E-state index in [4.69, 9.17) is 4.74 Å². The highest BCUT2D eigenvalue weighted by Gasteiger charge is 2.43. The fourth-order valence-electron chi connectivity index (χ4n) is 3.71. The van der Waals surface area contributed by atoms with Crippen molar-refractivity contribution in [1.82, 2.24) is 24.6 Å². The fourth-order valence-corrected chi connectivity index (χ4v) is 3.71. The molecule has 1 aliphatic rings. The van der Waals surface area contributed by atoms with Crippen LogP contribution in [0, 0.1) is 11.7 Å². The third-order valence-electron chi connectivity index (χ3n) is 5.33. The lowest BCUT2D eigenvalue weighted by molar-refractivity contribution is -0.117. The molecule has 1 saturated carbocycles. The van der Waals surface area contributed by atoms with E-state index in [2.05, 4.69) is 25.5 Å². The summed E-state index contributed by atoms with van der Waals surface area (Å²) in [6, 6.07) is 0. The molecule has 2 N–H and O–H groups in total. The summed E-state index contributed by atoms with van der Waals surface area (Å²) in [5.74, 6) is -1.22. The first-order valence-electron chi connectivity index (χ1n) is 9.59. The van der Waals surface area contributed by atoms with Gasteiger partial charge in [-0.3, -0.25) is 14.9 Å². The molecule has 0 radical (unpaired) electrons. The lowest BCUT2D eigenvalue weighted by Crippen LogP contribution is -2.15. The van der Waals surface area contributed by atoms with Crippen LogP contribution in [0.15, 0.2) is 24.8 Å². The van der Waals surface area contributed by atoms with Gasteiger partial charge in [0.15, 0.2) is 23.0 Å². The number of alkyl halides is 1. The summed E-state index contributed by atoms with van der Waals surface area (Å²) >= 11 is 0. The Morgan fingerprint density at radius 2 is 2.13 bits per heavy atom. The number of hydrogen-bond donors (Lipinski definition) is 2. The van der Waals surface area contributed by atoms with Gasteiger partial charge in [-0.05, 0) is 6.42 Å². The van der Waals surface area contributed by atoms with Crippen molar-refractivity contribution >= 4 is 34.0 Å². The number of imidazole rings is 1. The summed E-state index contributed by atoms with van der Waals surface area (Å²) in [6.45, 7) is 0. The molecule has 5 rings (SSSR count). The van der Waals surface area contributed by atoms with Gasteiger partial charge in [0.1, 0.15) is 11.9 Å². The summed E-state index contributed by atoms with van der Waals surface area (Å²) in [6.07, 6.45) is 5.50. The zero-order valence-corrected chi connectivity index (χ0v) is 17.0. The van der Waals surface area contributed by atoms with Crippen molar-refractivity contribution in [1.29, 1.82) is 0 Å². The zero-order valence-electron chi connectivity index (χ0n) is 17.0. The van der Waals surface area contributed by atoms with Crippen molar-refractivity contribution in [3.63, 3.8) is 0 Å². The number of aromatic amines is 1. The summed E-state index contributed by atoms with van der Waals surface area (Å²) in [4.78, 5) is 22.3. The van der Waals surface area contributed by atoms with E-state index in [9.17, 15) is 9.18 Å². The van der Waals surface area contributed by atoms with Gasteiger partial charge in [-0.15, -0.1) is 0 Å². The van der Waals surface area contributed by atoms with E-state index in [0.717, 1.165) is 0 Å². The normalized spacial score (nSPS) is 17.8. The highest BCUT2D eigenvalue weighted by Crippen LogP contribution is 2.43. The molecule has 160 valence electrons. The Labute approximate surface area is 175 Å². The predicted octanol–water partition coefficient (Wildman–Crippen LogP) is 2.78. The van der Waals surface area contributed by atoms with E-state index >= 15 is 4.39 Å². The summed E-state index contributed by atoms with van der Waals surface area (Å²) in [5, 5.41) is 10.2. The highest BCUT2D eigenvalue weighted by atomic mass is 19.1. The quantitative estimate of drug-likeness (QED) is 0.508. The molecule has 1 amide bonds. The van der Waals surface area contributed by atoms with Crippen LogP contribution in [-0.4, -0.2) is 57.9 Å². The first-order chi connectivity index (χ1) is 14.9. The minimum absolute atomic E-state index is 0.0424. The van der Waals surface area contributed by atoms with Crippen molar-refractivity contribution in [2.24, 2.45) is 5.92 Å². The molecule has 1 fully saturated rings. The van der Waals surface area contributed by atoms with E-state index in [1.807, 2.05) is 0 Å². The van der Waals surface area contributed by atoms with E-state index in [-0.39, 0.29) is 18.0 Å². The molecule has 1 aliphatic carbocycles. The number of nitrogens with zero attached hydrogens (tertiary/aromatic N) is 5. The van der Waals surface area contributed by atoms with E-state index in [1.54, 1.807) is 42.0 Å². The lowest BCUT2D eigenvalue weighted by Gasteiger charge is -2.19. The summed E-state index contributed by atoms with van der Waals surface area (Å²) in [7, 11) is 4.86. The maximum Gasteiger partial charge on any atom is 0.231 e. The van der Waals surface area contributed by atoms with E-state index < -0.39 is 23.8 Å². The lowest BCUT2D eigenvalue weighted by atomic mass is 10.0. The summed E-state index contributed by atoms with van der Waals surface area (Å²) < 4.78 is 35.5. The number of benzene rings is 1. The van der Waals surface area contributed by atoms with Gasteiger partial charge in [-0.1, -0.05) is 0 Å². The maximum absolute atomic E-state index is 15.3. The molecule has 0 aliphatic heterocycles. The monoisotopic (exact) mass is 427 g/mol. The first-order valence-corrected chi connectivity index (χ1v) is 9.59. The van der Waals surface area contributed by atoms with Crippen LogP contribution in [0.3, 0.4) is 0 Å². The highest BCUT2D eigenvalue weighted by molar-refractivity contribution is 6.04. The first kappa shape index (κ1) is 19.2. The topological polar surface area (TPSA) is 100 Å². The van der Waals surface area contributed by atoms with Crippen LogP contribution < -0.4 is 15.0 Å². The molecule has 3 heterocycles. The number of fused-ring (bicyclic) bond motifs is 2. The molecule has 0 bridgehead atoms. The van der Waals surface area contributed by atoms with E-state index in [0.29, 0.717) is 33.5 Å². The van der Waals surface area contributed by atoms with Gasteiger partial charge in [0.05, 0.1) is 48.4 Å². The molecule has 4 aromatic rings. The maximum atomic E-state index is 15.3. The third-order valence-corrected chi connectivity index (χ3v) is 5.33. The number of nitrogens with one attached hydrogen (secondary N) is 2. The molecule has 0 saturated heterocycles.